The maximum Gasteiger partial charge on any atom is 0.346 e. The molecule has 9 nitrogen and oxygen atoms in total. The third kappa shape index (κ3) is 3.72. The average Bonchev–Trinajstić information content (AvgIpc) is 3.57. The van der Waals surface area contributed by atoms with Gasteiger partial charge in [-0.05, 0) is 56.3 Å². The van der Waals surface area contributed by atoms with Crippen molar-refractivity contribution in [3.63, 3.8) is 0 Å². The highest BCUT2D eigenvalue weighted by molar-refractivity contribution is 7.22. The molecule has 0 radical (unpaired) electrons. The van der Waals surface area contributed by atoms with Crippen LogP contribution >= 0.6 is 11.3 Å². The molecule has 0 spiro atoms. The van der Waals surface area contributed by atoms with Crippen LogP contribution in [0, 0.1) is 25.5 Å². The fraction of sp³-hybridized carbons (Fsp3) is 0.346. The van der Waals surface area contributed by atoms with Gasteiger partial charge < -0.3 is 14.4 Å². The molecular formula is C26H25FN6O3S. The van der Waals surface area contributed by atoms with Gasteiger partial charge in [-0.3, -0.25) is 9.97 Å². The molecule has 1 N–H and O–H groups in total. The van der Waals surface area contributed by atoms with Crippen molar-refractivity contribution in [1.82, 2.24) is 29.5 Å². The average molecular weight is 524 g/mol. The zero-order valence-corrected chi connectivity index (χ0v) is 20.9. The van der Waals surface area contributed by atoms with E-state index < -0.39 is 24.7 Å². The first-order valence-electron chi connectivity index (χ1n) is 13.3. The third-order valence-electron chi connectivity index (χ3n) is 7.05. The van der Waals surface area contributed by atoms with E-state index in [1.807, 2.05) is 4.57 Å². The summed E-state index contributed by atoms with van der Waals surface area (Å²) in [5, 5.41) is 17.8. The van der Waals surface area contributed by atoms with Gasteiger partial charge in [0.15, 0.2) is 0 Å². The second kappa shape index (κ2) is 9.00. The van der Waals surface area contributed by atoms with Crippen LogP contribution in [0.15, 0.2) is 30.6 Å². The number of hydrogen-bond acceptors (Lipinski definition) is 7. The maximum absolute atomic E-state index is 15.5. The Kier molecular flexibility index (Phi) is 4.95. The number of thiophene rings is 1. The number of rotatable bonds is 5. The van der Waals surface area contributed by atoms with Crippen LogP contribution in [0.1, 0.15) is 49.6 Å². The minimum Gasteiger partial charge on any atom is -0.477 e. The normalized spacial score (nSPS) is 17.1. The molecular weight excluding hydrogens is 495 g/mol. The topological polar surface area (TPSA) is 108 Å². The number of nitrogens with zero attached hydrogens (tertiary/aromatic N) is 6. The van der Waals surface area contributed by atoms with Crippen LogP contribution in [-0.2, 0) is 11.8 Å². The predicted molar refractivity (Wildman–Crippen MR) is 137 cm³/mol. The lowest BCUT2D eigenvalue weighted by molar-refractivity contribution is 0.0543. The molecule has 1 aliphatic rings. The Labute approximate surface area is 219 Å². The van der Waals surface area contributed by atoms with Gasteiger partial charge in [0.2, 0.25) is 0 Å². The van der Waals surface area contributed by atoms with Crippen molar-refractivity contribution in [2.45, 2.75) is 32.7 Å². The minimum absolute atomic E-state index is 0.0653. The van der Waals surface area contributed by atoms with Crippen LogP contribution in [0.4, 0.5) is 4.39 Å². The van der Waals surface area contributed by atoms with Crippen molar-refractivity contribution in [3.05, 3.63) is 58.2 Å². The Morgan fingerprint density at radius 3 is 2.89 bits per heavy atom. The molecule has 37 heavy (non-hydrogen) atoms. The van der Waals surface area contributed by atoms with Crippen molar-refractivity contribution < 1.29 is 23.1 Å². The van der Waals surface area contributed by atoms with Gasteiger partial charge in [0.1, 0.15) is 16.2 Å². The zero-order chi connectivity index (χ0) is 28.3. The third-order valence-corrected chi connectivity index (χ3v) is 8.33. The fourth-order valence-electron chi connectivity index (χ4n) is 5.39. The molecule has 6 heterocycles. The number of carbonyl (C=O) groups is 1. The monoisotopic (exact) mass is 523 g/mol. The standard InChI is InChI=1S/C26H25FN6O3S/c1-13-21-25(37-24(13)26(34)35)20-18(11-16(12-29-20)22-14(2)30-31-32(22)3)33(21)23(15-6-9-36-10-7-15)19-17(27)5-4-8-28-19/h4-5,8,11-12,15,23H,6-7,9-10H2,1-3H3,(H,34,35)/i2D3. The summed E-state index contributed by atoms with van der Waals surface area (Å²) in [6, 6.07) is 4.11. The summed E-state index contributed by atoms with van der Waals surface area (Å²) in [5.41, 5.74) is 3.19. The molecule has 11 heteroatoms. The van der Waals surface area contributed by atoms with E-state index in [-0.39, 0.29) is 22.2 Å². The van der Waals surface area contributed by atoms with Crippen molar-refractivity contribution in [3.8, 4) is 11.3 Å². The lowest BCUT2D eigenvalue weighted by Gasteiger charge is -2.32. The molecule has 0 amide bonds. The number of aromatic carboxylic acids is 1. The Hall–Kier alpha value is -3.70. The van der Waals surface area contributed by atoms with E-state index in [4.69, 9.17) is 13.8 Å². The van der Waals surface area contributed by atoms with Crippen molar-refractivity contribution in [2.24, 2.45) is 13.0 Å². The first kappa shape index (κ1) is 20.4. The molecule has 0 aromatic carbocycles. The van der Waals surface area contributed by atoms with Crippen molar-refractivity contribution in [1.29, 1.82) is 0 Å². The first-order chi connectivity index (χ1) is 19.1. The largest absolute Gasteiger partial charge is 0.477 e. The van der Waals surface area contributed by atoms with E-state index in [0.29, 0.717) is 64.1 Å². The molecule has 0 saturated carbocycles. The Morgan fingerprint density at radius 2 is 2.16 bits per heavy atom. The number of halogens is 1. The van der Waals surface area contributed by atoms with Gasteiger partial charge in [-0.2, -0.15) is 0 Å². The second-order valence-corrected chi connectivity index (χ2v) is 10.2. The van der Waals surface area contributed by atoms with E-state index in [1.165, 1.54) is 16.8 Å². The number of fused-ring (bicyclic) bond motifs is 3. The van der Waals surface area contributed by atoms with Gasteiger partial charge in [0.25, 0.3) is 0 Å². The molecule has 5 aromatic rings. The first-order valence-corrected chi connectivity index (χ1v) is 12.6. The van der Waals surface area contributed by atoms with Gasteiger partial charge >= 0.3 is 5.97 Å². The van der Waals surface area contributed by atoms with Crippen LogP contribution in [0.3, 0.4) is 0 Å². The molecule has 0 aliphatic carbocycles. The molecule has 6 rings (SSSR count). The summed E-state index contributed by atoms with van der Waals surface area (Å²) in [4.78, 5) is 21.5. The van der Waals surface area contributed by atoms with E-state index in [2.05, 4.69) is 15.3 Å². The lowest BCUT2D eigenvalue weighted by Crippen LogP contribution is -2.28. The Balaban J connectivity index is 1.71. The van der Waals surface area contributed by atoms with Gasteiger partial charge in [0, 0.05) is 42.3 Å². The van der Waals surface area contributed by atoms with Gasteiger partial charge in [-0.25, -0.2) is 13.9 Å². The van der Waals surface area contributed by atoms with Gasteiger partial charge in [-0.1, -0.05) is 5.21 Å². The zero-order valence-electron chi connectivity index (χ0n) is 23.1. The van der Waals surface area contributed by atoms with E-state index in [1.54, 1.807) is 32.4 Å². The quantitative estimate of drug-likeness (QED) is 0.349. The van der Waals surface area contributed by atoms with Crippen molar-refractivity contribution in [2.75, 3.05) is 13.2 Å². The van der Waals surface area contributed by atoms with Crippen LogP contribution in [-0.4, -0.2) is 53.8 Å². The van der Waals surface area contributed by atoms with E-state index in [9.17, 15) is 9.90 Å². The molecule has 190 valence electrons. The van der Waals surface area contributed by atoms with Crippen LogP contribution in [0.5, 0.6) is 0 Å². The smallest absolute Gasteiger partial charge is 0.346 e. The summed E-state index contributed by atoms with van der Waals surface area (Å²) in [6.07, 6.45) is 4.39. The van der Waals surface area contributed by atoms with Crippen LogP contribution < -0.4 is 0 Å². The summed E-state index contributed by atoms with van der Waals surface area (Å²) >= 11 is 1.12. The number of hydrogen-bond donors (Lipinski definition) is 1. The van der Waals surface area contributed by atoms with Gasteiger partial charge in [-0.15, -0.1) is 16.4 Å². The molecule has 1 unspecified atom stereocenters. The number of aromatic nitrogens is 6. The molecule has 1 atom stereocenters. The number of aryl methyl sites for hydroxylation is 3. The Morgan fingerprint density at radius 1 is 1.35 bits per heavy atom. The SMILES string of the molecule is [2H]C([2H])([2H])c1nnn(C)c1-c1cnc2c3sc(C(=O)O)c(C)c3n(C(c3ncccc3F)C3CCOCC3)c2c1. The number of carboxylic acids is 1. The lowest BCUT2D eigenvalue weighted by atomic mass is 9.88. The van der Waals surface area contributed by atoms with E-state index >= 15 is 4.39 Å². The summed E-state index contributed by atoms with van der Waals surface area (Å²) in [5.74, 6) is -1.58. The van der Waals surface area contributed by atoms with Crippen LogP contribution in [0.25, 0.3) is 32.5 Å². The highest BCUT2D eigenvalue weighted by Crippen LogP contribution is 2.45. The fourth-order valence-corrected chi connectivity index (χ4v) is 6.54. The van der Waals surface area contributed by atoms with Crippen LogP contribution in [0.2, 0.25) is 0 Å². The summed E-state index contributed by atoms with van der Waals surface area (Å²) in [7, 11) is 1.61. The van der Waals surface area contributed by atoms with E-state index in [0.717, 1.165) is 11.3 Å². The molecule has 5 aromatic heterocycles. The second-order valence-electron chi connectivity index (χ2n) is 9.18. The highest BCUT2D eigenvalue weighted by atomic mass is 32.1. The number of ether oxygens (including phenoxy) is 1. The predicted octanol–water partition coefficient (Wildman–Crippen LogP) is 4.91. The van der Waals surface area contributed by atoms with Crippen molar-refractivity contribution >= 4 is 38.6 Å². The molecule has 1 saturated heterocycles. The summed E-state index contributed by atoms with van der Waals surface area (Å²) in [6.45, 7) is 0.252. The minimum atomic E-state index is -2.50. The molecule has 1 aliphatic heterocycles. The van der Waals surface area contributed by atoms with Gasteiger partial charge in [0.05, 0.1) is 38.9 Å². The number of pyridine rings is 2. The number of carboxylic acid groups (broad SMARTS) is 1. The maximum atomic E-state index is 15.5. The molecule has 1 fully saturated rings. The Bertz CT molecular complexity index is 1770. The molecule has 0 bridgehead atoms. The highest BCUT2D eigenvalue weighted by Gasteiger charge is 2.35. The summed E-state index contributed by atoms with van der Waals surface area (Å²) < 4.78 is 48.9.